The summed E-state index contributed by atoms with van der Waals surface area (Å²) in [5.74, 6) is 7.82. The van der Waals surface area contributed by atoms with E-state index in [2.05, 4.69) is 4.98 Å². The van der Waals surface area contributed by atoms with Crippen molar-refractivity contribution in [1.29, 1.82) is 0 Å². The molecule has 2 aromatic heterocycles. The molecule has 4 aromatic rings. The van der Waals surface area contributed by atoms with Crippen LogP contribution in [0, 0.1) is 0 Å². The Morgan fingerprint density at radius 1 is 0.914 bits per heavy atom. The molecular weight excluding hydrogens is 470 g/mol. The van der Waals surface area contributed by atoms with Crippen LogP contribution in [0.3, 0.4) is 0 Å². The molecule has 1 atom stereocenters. The minimum atomic E-state index is -0.793. The number of rotatable bonds is 11. The van der Waals surface area contributed by atoms with Crippen LogP contribution in [0.15, 0.2) is 72.4 Å². The molecule has 0 aliphatic rings. The first-order valence-corrected chi connectivity index (χ1v) is 11.5. The number of thiazole rings is 1. The molecule has 2 aromatic carbocycles. The molecule has 4 rings (SSSR count). The number of ether oxygens (including phenoxy) is 4. The number of nitrogens with two attached hydrogens (primary N) is 1. The number of benzene rings is 2. The highest BCUT2D eigenvalue weighted by Crippen LogP contribution is 2.33. The summed E-state index contributed by atoms with van der Waals surface area (Å²) in [5.41, 5.74) is 2.19. The summed E-state index contributed by atoms with van der Waals surface area (Å²) in [6, 6.07) is 16.7. The van der Waals surface area contributed by atoms with E-state index >= 15 is 0 Å². The van der Waals surface area contributed by atoms with Crippen LogP contribution in [-0.2, 0) is 18.1 Å². The quantitative estimate of drug-likeness (QED) is 0.183. The summed E-state index contributed by atoms with van der Waals surface area (Å²) in [7, 11) is 3.23. The van der Waals surface area contributed by atoms with Gasteiger partial charge >= 0.3 is 0 Å². The van der Waals surface area contributed by atoms with Gasteiger partial charge in [0.15, 0.2) is 5.75 Å². The zero-order valence-electron chi connectivity index (χ0n) is 19.3. The minimum absolute atomic E-state index is 0.255. The molecule has 9 nitrogen and oxygen atoms in total. The smallest absolute Gasteiger partial charge is 0.275 e. The van der Waals surface area contributed by atoms with Gasteiger partial charge in [-0.1, -0.05) is 24.3 Å². The van der Waals surface area contributed by atoms with Crippen molar-refractivity contribution >= 4 is 11.3 Å². The van der Waals surface area contributed by atoms with Gasteiger partial charge in [0.1, 0.15) is 29.7 Å². The van der Waals surface area contributed by atoms with E-state index in [0.717, 1.165) is 27.4 Å². The van der Waals surface area contributed by atoms with Gasteiger partial charge in [-0.25, -0.2) is 10.9 Å². The van der Waals surface area contributed by atoms with Crippen molar-refractivity contribution in [3.63, 3.8) is 0 Å². The van der Waals surface area contributed by atoms with Gasteiger partial charge in [0.05, 0.1) is 20.3 Å². The average molecular weight is 497 g/mol. The van der Waals surface area contributed by atoms with Crippen molar-refractivity contribution in [2.75, 3.05) is 14.2 Å². The van der Waals surface area contributed by atoms with Crippen molar-refractivity contribution in [3.8, 4) is 23.0 Å². The van der Waals surface area contributed by atoms with Gasteiger partial charge in [0.25, 0.3) is 11.9 Å². The molecule has 3 N–H and O–H groups in total. The molecule has 0 radical (unpaired) electrons. The lowest BCUT2D eigenvalue weighted by Crippen LogP contribution is -2.38. The van der Waals surface area contributed by atoms with E-state index in [4.69, 9.17) is 29.7 Å². The van der Waals surface area contributed by atoms with Crippen molar-refractivity contribution in [1.82, 2.24) is 4.98 Å². The van der Waals surface area contributed by atoms with E-state index in [0.29, 0.717) is 22.2 Å². The molecule has 182 valence electrons. The third kappa shape index (κ3) is 5.99. The monoisotopic (exact) mass is 496 g/mol. The van der Waals surface area contributed by atoms with Crippen LogP contribution in [0.5, 0.6) is 23.0 Å². The predicted octanol–water partition coefficient (Wildman–Crippen LogP) is 3.82. The first kappa shape index (κ1) is 24.3. The van der Waals surface area contributed by atoms with Gasteiger partial charge in [-0.3, -0.25) is 10.0 Å². The fourth-order valence-corrected chi connectivity index (χ4v) is 4.00. The minimum Gasteiger partial charge on any atom is -0.497 e. The van der Waals surface area contributed by atoms with Gasteiger partial charge in [-0.2, -0.15) is 0 Å². The van der Waals surface area contributed by atoms with Gasteiger partial charge < -0.3 is 18.9 Å². The van der Waals surface area contributed by atoms with Gasteiger partial charge in [-0.15, -0.1) is 11.3 Å². The first-order valence-electron chi connectivity index (χ1n) is 10.7. The Labute approximate surface area is 206 Å². The number of methoxy groups -OCH3 is 2. The maximum atomic E-state index is 10.7. The number of hydrogen-bond donors (Lipinski definition) is 2. The highest BCUT2D eigenvalue weighted by Gasteiger charge is 2.31. The summed E-state index contributed by atoms with van der Waals surface area (Å²) < 4.78 is 23.4. The van der Waals surface area contributed by atoms with Crippen LogP contribution in [0.1, 0.15) is 27.9 Å². The number of pyridine rings is 1. The van der Waals surface area contributed by atoms with Crippen molar-refractivity contribution in [2.45, 2.75) is 19.3 Å². The van der Waals surface area contributed by atoms with Crippen LogP contribution < -0.4 is 29.6 Å². The molecule has 0 saturated carbocycles. The van der Waals surface area contributed by atoms with E-state index in [1.54, 1.807) is 31.9 Å². The van der Waals surface area contributed by atoms with Gasteiger partial charge in [0.2, 0.25) is 11.9 Å². The van der Waals surface area contributed by atoms with E-state index in [9.17, 15) is 5.21 Å². The Kier molecular flexibility index (Phi) is 7.99. The van der Waals surface area contributed by atoms with Gasteiger partial charge in [-0.05, 0) is 35.4 Å². The summed E-state index contributed by atoms with van der Waals surface area (Å²) in [4.78, 5) is 9.39. The Hall–Kier alpha value is -3.86. The summed E-state index contributed by atoms with van der Waals surface area (Å²) in [5, 5.41) is 13.1. The Morgan fingerprint density at radius 3 is 1.97 bits per heavy atom. The normalized spacial score (nSPS) is 11.6. The van der Waals surface area contributed by atoms with E-state index < -0.39 is 6.10 Å². The van der Waals surface area contributed by atoms with E-state index in [1.165, 1.54) is 17.5 Å². The fraction of sp³-hybridized carbons (Fsp3) is 0.200. The van der Waals surface area contributed by atoms with E-state index in [-0.39, 0.29) is 13.2 Å². The lowest BCUT2D eigenvalue weighted by Gasteiger charge is -2.14. The predicted molar refractivity (Wildman–Crippen MR) is 128 cm³/mol. The first-order chi connectivity index (χ1) is 17.1. The molecule has 10 heteroatoms. The number of hydrogen-bond acceptors (Lipinski definition) is 9. The Morgan fingerprint density at radius 2 is 1.49 bits per heavy atom. The molecule has 1 unspecified atom stereocenters. The number of aromatic nitrogens is 2. The zero-order chi connectivity index (χ0) is 24.6. The molecule has 0 bridgehead atoms. The van der Waals surface area contributed by atoms with Crippen molar-refractivity contribution < 1.29 is 33.7 Å². The van der Waals surface area contributed by atoms with Crippen LogP contribution in [-0.4, -0.2) is 24.4 Å². The van der Waals surface area contributed by atoms with E-state index in [1.807, 2.05) is 48.5 Å². The van der Waals surface area contributed by atoms with Crippen LogP contribution in [0.25, 0.3) is 0 Å². The maximum Gasteiger partial charge on any atom is 0.275 e. The SMILES string of the molecule is COc1ccc(COc2cc(C(ON)c3nccs3)[n+](O)cc2OCc2ccc(OC)cc2)cc1. The largest absolute Gasteiger partial charge is 0.497 e. The maximum absolute atomic E-state index is 10.7. The summed E-state index contributed by atoms with van der Waals surface area (Å²) in [6.07, 6.45) is 2.27. The third-order valence-corrected chi connectivity index (χ3v) is 6.03. The molecule has 0 saturated heterocycles. The molecule has 0 aliphatic carbocycles. The highest BCUT2D eigenvalue weighted by atomic mass is 32.1. The van der Waals surface area contributed by atoms with Crippen LogP contribution in [0.4, 0.5) is 0 Å². The molecule has 35 heavy (non-hydrogen) atoms. The lowest BCUT2D eigenvalue weighted by molar-refractivity contribution is -0.911. The lowest BCUT2D eigenvalue weighted by atomic mass is 10.2. The molecular formula is C25H26N3O6S+. The summed E-state index contributed by atoms with van der Waals surface area (Å²) >= 11 is 1.36. The standard InChI is InChI=1S/C25H26N3O6S/c1-30-19-7-3-17(4-8-19)15-32-22-13-21(24(34-26)25-27-11-12-35-25)28(29)14-23(22)33-16-18-5-9-20(31-2)10-6-18/h3-14,24,29H,15-16,26H2,1-2H3/q+1. The fourth-order valence-electron chi connectivity index (χ4n) is 3.32. The topological polar surface area (TPSA) is 109 Å². The highest BCUT2D eigenvalue weighted by molar-refractivity contribution is 7.09. The second-order valence-corrected chi connectivity index (χ2v) is 8.36. The van der Waals surface area contributed by atoms with Gasteiger partial charge in [0, 0.05) is 16.3 Å². The van der Waals surface area contributed by atoms with Crippen molar-refractivity contribution in [3.05, 3.63) is 94.2 Å². The molecule has 0 amide bonds. The molecule has 0 fully saturated rings. The zero-order valence-corrected chi connectivity index (χ0v) is 20.1. The number of nitrogens with zero attached hydrogens (tertiary/aromatic N) is 2. The van der Waals surface area contributed by atoms with Crippen LogP contribution in [0.2, 0.25) is 0 Å². The van der Waals surface area contributed by atoms with Crippen molar-refractivity contribution in [2.24, 2.45) is 5.90 Å². The third-order valence-electron chi connectivity index (χ3n) is 5.21. The van der Waals surface area contributed by atoms with Crippen LogP contribution >= 0.6 is 11.3 Å². The second-order valence-electron chi connectivity index (χ2n) is 7.43. The molecule has 0 spiro atoms. The molecule has 0 aliphatic heterocycles. The summed E-state index contributed by atoms with van der Waals surface area (Å²) in [6.45, 7) is 0.523. The Balaban J connectivity index is 1.61. The second kappa shape index (κ2) is 11.5. The Bertz CT molecular complexity index is 1220. The molecule has 2 heterocycles. The average Bonchev–Trinajstić information content (AvgIpc) is 3.43.